The summed E-state index contributed by atoms with van der Waals surface area (Å²) in [5, 5.41) is 7.60. The Hall–Kier alpha value is -0.279. The van der Waals surface area contributed by atoms with Crippen LogP contribution >= 0.6 is 0 Å². The second-order valence-corrected chi connectivity index (χ2v) is 0.930. The first-order valence-corrected chi connectivity index (χ1v) is 2.66. The fraction of sp³-hybridized carbons (Fsp3) is 0. The quantitative estimate of drug-likeness (QED) is 0.418. The van der Waals surface area contributed by atoms with Gasteiger partial charge in [-0.15, -0.1) is 6.00 Å². The van der Waals surface area contributed by atoms with Crippen LogP contribution in [0, 0.1) is 6.00 Å². The Morgan fingerprint density at radius 1 is 1.78 bits per heavy atom. The summed E-state index contributed by atoms with van der Waals surface area (Å²) in [7, 11) is -0.417. The predicted octanol–water partition coefficient (Wildman–Crippen LogP) is -0.559. The molecule has 0 fully saturated rings. The van der Waals surface area contributed by atoms with Crippen LogP contribution in [0.5, 0.6) is 0 Å². The number of carboxylic acids is 1. The molecule has 0 atom stereocenters. The molecular formula is C4H6O3SiTi. The molecule has 0 unspecified atom stereocenters. The van der Waals surface area contributed by atoms with Crippen molar-refractivity contribution in [1.29, 1.82) is 0 Å². The standard InChI is InChI=1S/C3H4O2.CH2OSi.Ti/c1-2-3(4)5;1-3-2;/h2H,1H2,(H,4,5);1-2H;. The third-order valence-corrected chi connectivity index (χ3v) is 0.175. The van der Waals surface area contributed by atoms with E-state index in [1.807, 2.05) is 0 Å². The Balaban J connectivity index is -0.0000000800. The van der Waals surface area contributed by atoms with E-state index in [9.17, 15) is 4.79 Å². The molecule has 0 radical (unpaired) electrons. The molecule has 0 aliphatic rings. The van der Waals surface area contributed by atoms with E-state index in [-0.39, 0.29) is 21.7 Å². The van der Waals surface area contributed by atoms with Crippen molar-refractivity contribution in [3.63, 3.8) is 0 Å². The van der Waals surface area contributed by atoms with Gasteiger partial charge >= 0.3 is 5.97 Å². The Morgan fingerprint density at radius 3 is 1.89 bits per heavy atom. The molecule has 3 nitrogen and oxygen atoms in total. The number of hydrogen-bond acceptors (Lipinski definition) is 2. The summed E-state index contributed by atoms with van der Waals surface area (Å²) in [5.74, 6) is -0.981. The van der Waals surface area contributed by atoms with Gasteiger partial charge in [0.25, 0.3) is 0 Å². The third-order valence-electron chi connectivity index (χ3n) is 0.175. The zero-order valence-corrected chi connectivity index (χ0v) is 7.23. The van der Waals surface area contributed by atoms with Crippen LogP contribution in [0.2, 0.25) is 0 Å². The van der Waals surface area contributed by atoms with Crippen LogP contribution < -0.4 is 0 Å². The van der Waals surface area contributed by atoms with E-state index in [1.54, 1.807) is 0 Å². The largest absolute Gasteiger partial charge is 0.521 e. The molecule has 0 aromatic carbocycles. The molecular weight excluding hydrogens is 172 g/mol. The summed E-state index contributed by atoms with van der Waals surface area (Å²) in [5.41, 5.74) is 0. The molecule has 0 heterocycles. The van der Waals surface area contributed by atoms with E-state index < -0.39 is 15.2 Å². The van der Waals surface area contributed by atoms with Gasteiger partial charge in [-0.3, -0.25) is 0 Å². The predicted molar refractivity (Wildman–Crippen MR) is 30.8 cm³/mol. The molecule has 0 bridgehead atoms. The van der Waals surface area contributed by atoms with E-state index in [0.29, 0.717) is 0 Å². The summed E-state index contributed by atoms with van der Waals surface area (Å²) in [6, 6.07) is 4.43. The smallest absolute Gasteiger partial charge is 0.327 e. The Labute approximate surface area is 70.5 Å². The zero-order chi connectivity index (χ0) is 6.99. The Morgan fingerprint density at radius 2 is 1.89 bits per heavy atom. The average Bonchev–Trinajstić information content (AvgIpc) is 1.69. The molecule has 0 aliphatic heterocycles. The fourth-order valence-electron chi connectivity index (χ4n) is 0. The minimum absolute atomic E-state index is 0. The minimum atomic E-state index is -0.981. The van der Waals surface area contributed by atoms with Crippen LogP contribution in [0.4, 0.5) is 0 Å². The van der Waals surface area contributed by atoms with E-state index in [2.05, 4.69) is 12.6 Å². The maximum absolute atomic E-state index is 9.25. The van der Waals surface area contributed by atoms with E-state index in [1.165, 1.54) is 0 Å². The number of aliphatic carboxylic acids is 1. The molecule has 0 rings (SSSR count). The summed E-state index contributed by atoms with van der Waals surface area (Å²) in [6.45, 7) is 2.96. The molecule has 0 amide bonds. The van der Waals surface area contributed by atoms with Crippen molar-refractivity contribution < 1.29 is 36.4 Å². The normalized spacial score (nSPS) is 4.33. The molecule has 48 valence electrons. The second kappa shape index (κ2) is 15.6. The second-order valence-electron chi connectivity index (χ2n) is 0.671. The molecule has 0 aliphatic carbocycles. The number of hydrogen-bond donors (Lipinski definition) is 2. The number of carboxylic acid groups (broad SMARTS) is 1. The Bertz CT molecular complexity index is 117. The topological polar surface area (TPSA) is 57.5 Å². The van der Waals surface area contributed by atoms with Crippen molar-refractivity contribution >= 4 is 15.2 Å². The molecule has 9 heavy (non-hydrogen) atoms. The van der Waals surface area contributed by atoms with E-state index >= 15 is 0 Å². The van der Waals surface area contributed by atoms with Gasteiger partial charge in [0, 0.05) is 27.8 Å². The van der Waals surface area contributed by atoms with Gasteiger partial charge in [-0.2, -0.15) is 0 Å². The summed E-state index contributed by atoms with van der Waals surface area (Å²) >= 11 is 0. The van der Waals surface area contributed by atoms with Gasteiger partial charge in [-0.05, 0) is 0 Å². The van der Waals surface area contributed by atoms with E-state index in [4.69, 9.17) is 9.90 Å². The molecule has 2 N–H and O–H groups in total. The summed E-state index contributed by atoms with van der Waals surface area (Å²) in [4.78, 5) is 16.6. The van der Waals surface area contributed by atoms with Crippen LogP contribution in [-0.2, 0) is 26.5 Å². The monoisotopic (exact) mass is 178 g/mol. The Kier molecular flexibility index (Phi) is 27.6. The van der Waals surface area contributed by atoms with Crippen LogP contribution in [0.15, 0.2) is 12.7 Å². The summed E-state index contributed by atoms with van der Waals surface area (Å²) in [6.07, 6.45) is 0.833. The van der Waals surface area contributed by atoms with Crippen LogP contribution in [0.25, 0.3) is 0 Å². The van der Waals surface area contributed by atoms with Crippen molar-refractivity contribution in [2.45, 2.75) is 0 Å². The van der Waals surface area contributed by atoms with Gasteiger partial charge in [-0.25, -0.2) is 4.79 Å². The first-order valence-electron chi connectivity index (χ1n) is 1.64. The summed E-state index contributed by atoms with van der Waals surface area (Å²) < 4.78 is 0. The molecule has 0 saturated heterocycles. The van der Waals surface area contributed by atoms with Crippen LogP contribution in [0.3, 0.4) is 0 Å². The first kappa shape index (κ1) is 15.9. The van der Waals surface area contributed by atoms with Gasteiger partial charge < -0.3 is 9.90 Å². The fourth-order valence-corrected chi connectivity index (χ4v) is 0. The zero-order valence-electron chi connectivity index (χ0n) is 4.66. The average molecular weight is 178 g/mol. The first-order chi connectivity index (χ1) is 3.68. The van der Waals surface area contributed by atoms with Crippen LogP contribution in [-0.4, -0.2) is 25.1 Å². The third kappa shape index (κ3) is 85.3. The van der Waals surface area contributed by atoms with Crippen molar-refractivity contribution in [2.75, 3.05) is 0 Å². The van der Waals surface area contributed by atoms with Crippen molar-refractivity contribution in [2.24, 2.45) is 0 Å². The SMILES string of the molecule is C#[Si]O.C=CC(=O)O.[Ti]. The molecule has 0 aromatic rings. The molecule has 0 aromatic heterocycles. The van der Waals surface area contributed by atoms with Crippen molar-refractivity contribution in [3.8, 4) is 6.00 Å². The van der Waals surface area contributed by atoms with Gasteiger partial charge in [0.1, 0.15) is 0 Å². The van der Waals surface area contributed by atoms with Gasteiger partial charge in [0.15, 0.2) is 0 Å². The van der Waals surface area contributed by atoms with Gasteiger partial charge in [0.05, 0.1) is 0 Å². The maximum Gasteiger partial charge on any atom is 0.327 e. The number of carbonyl (C=O) groups is 1. The molecule has 0 spiro atoms. The van der Waals surface area contributed by atoms with Crippen molar-refractivity contribution in [3.05, 3.63) is 12.7 Å². The van der Waals surface area contributed by atoms with Gasteiger partial charge in [0.2, 0.25) is 9.20 Å². The molecule has 5 heteroatoms. The van der Waals surface area contributed by atoms with E-state index in [0.717, 1.165) is 6.08 Å². The van der Waals surface area contributed by atoms with Gasteiger partial charge in [-0.1, -0.05) is 6.58 Å². The van der Waals surface area contributed by atoms with Crippen molar-refractivity contribution in [1.82, 2.24) is 0 Å². The number of rotatable bonds is 1. The molecule has 0 saturated carbocycles. The maximum atomic E-state index is 9.25. The van der Waals surface area contributed by atoms with Crippen LogP contribution in [0.1, 0.15) is 0 Å². The minimum Gasteiger partial charge on any atom is -0.521 e.